The third-order valence-corrected chi connectivity index (χ3v) is 3.31. The number of hydrogen-bond donors (Lipinski definition) is 0. The molecule has 80 valence electrons. The number of rotatable bonds is 5. The molecule has 0 bridgehead atoms. The second-order valence-electron chi connectivity index (χ2n) is 2.93. The van der Waals surface area contributed by atoms with E-state index in [9.17, 15) is 4.79 Å². The SMILES string of the molecule is C=CCN(CC=C)C(=O)c1csc(Br)c1. The van der Waals surface area contributed by atoms with E-state index in [2.05, 4.69) is 29.1 Å². The lowest BCUT2D eigenvalue weighted by molar-refractivity contribution is 0.0791. The minimum absolute atomic E-state index is 0.0109. The molecule has 2 nitrogen and oxygen atoms in total. The Balaban J connectivity index is 2.79. The molecule has 0 aliphatic carbocycles. The Morgan fingerprint density at radius 2 is 2.07 bits per heavy atom. The average molecular weight is 286 g/mol. The lowest BCUT2D eigenvalue weighted by Crippen LogP contribution is -2.30. The van der Waals surface area contributed by atoms with Crippen LogP contribution in [-0.4, -0.2) is 23.9 Å². The third kappa shape index (κ3) is 3.32. The van der Waals surface area contributed by atoms with Crippen molar-refractivity contribution >= 4 is 33.2 Å². The zero-order valence-electron chi connectivity index (χ0n) is 8.28. The molecule has 0 saturated carbocycles. The van der Waals surface area contributed by atoms with Crippen LogP contribution in [0.1, 0.15) is 10.4 Å². The second-order valence-corrected chi connectivity index (χ2v) is 5.22. The predicted molar refractivity (Wildman–Crippen MR) is 68.3 cm³/mol. The summed E-state index contributed by atoms with van der Waals surface area (Å²) in [7, 11) is 0. The number of amides is 1. The van der Waals surface area contributed by atoms with Gasteiger partial charge in [-0.3, -0.25) is 4.79 Å². The summed E-state index contributed by atoms with van der Waals surface area (Å²) >= 11 is 4.84. The number of hydrogen-bond acceptors (Lipinski definition) is 2. The zero-order chi connectivity index (χ0) is 11.3. The monoisotopic (exact) mass is 285 g/mol. The van der Waals surface area contributed by atoms with Crippen LogP contribution in [0, 0.1) is 0 Å². The van der Waals surface area contributed by atoms with Crippen LogP contribution in [0.25, 0.3) is 0 Å². The summed E-state index contributed by atoms with van der Waals surface area (Å²) in [5.74, 6) is 0.0109. The van der Waals surface area contributed by atoms with Gasteiger partial charge in [0.2, 0.25) is 0 Å². The molecular formula is C11H12BrNOS. The summed E-state index contributed by atoms with van der Waals surface area (Å²) in [6, 6.07) is 1.83. The molecule has 0 unspecified atom stereocenters. The van der Waals surface area contributed by atoms with Gasteiger partial charge in [0, 0.05) is 18.5 Å². The van der Waals surface area contributed by atoms with E-state index in [-0.39, 0.29) is 5.91 Å². The number of carbonyl (C=O) groups is 1. The van der Waals surface area contributed by atoms with Crippen LogP contribution in [-0.2, 0) is 0 Å². The van der Waals surface area contributed by atoms with E-state index in [0.29, 0.717) is 18.7 Å². The Bertz CT molecular complexity index is 362. The van der Waals surface area contributed by atoms with Crippen LogP contribution in [0.3, 0.4) is 0 Å². The molecule has 0 radical (unpaired) electrons. The molecule has 0 fully saturated rings. The second kappa shape index (κ2) is 5.88. The number of nitrogens with zero attached hydrogens (tertiary/aromatic N) is 1. The van der Waals surface area contributed by atoms with Crippen molar-refractivity contribution in [1.82, 2.24) is 4.90 Å². The van der Waals surface area contributed by atoms with Gasteiger partial charge in [-0.05, 0) is 22.0 Å². The van der Waals surface area contributed by atoms with Gasteiger partial charge >= 0.3 is 0 Å². The molecule has 1 aromatic rings. The summed E-state index contributed by atoms with van der Waals surface area (Å²) in [5.41, 5.74) is 0.704. The zero-order valence-corrected chi connectivity index (χ0v) is 10.7. The fraction of sp³-hybridized carbons (Fsp3) is 0.182. The minimum Gasteiger partial charge on any atom is -0.331 e. The van der Waals surface area contributed by atoms with E-state index in [4.69, 9.17) is 0 Å². The van der Waals surface area contributed by atoms with Crippen LogP contribution in [0.2, 0.25) is 0 Å². The summed E-state index contributed by atoms with van der Waals surface area (Å²) in [6.07, 6.45) is 3.42. The maximum Gasteiger partial charge on any atom is 0.255 e. The molecule has 1 aromatic heterocycles. The predicted octanol–water partition coefficient (Wildman–Crippen LogP) is 3.32. The molecule has 0 aliphatic rings. The van der Waals surface area contributed by atoms with Crippen molar-refractivity contribution in [1.29, 1.82) is 0 Å². The smallest absolute Gasteiger partial charge is 0.255 e. The topological polar surface area (TPSA) is 20.3 Å². The largest absolute Gasteiger partial charge is 0.331 e. The molecular weight excluding hydrogens is 274 g/mol. The van der Waals surface area contributed by atoms with E-state index in [1.54, 1.807) is 17.1 Å². The number of halogens is 1. The van der Waals surface area contributed by atoms with Gasteiger partial charge in [0.25, 0.3) is 5.91 Å². The van der Waals surface area contributed by atoms with Gasteiger partial charge in [0.15, 0.2) is 0 Å². The van der Waals surface area contributed by atoms with Gasteiger partial charge in [-0.25, -0.2) is 0 Å². The summed E-state index contributed by atoms with van der Waals surface area (Å²) in [4.78, 5) is 13.6. The first kappa shape index (κ1) is 12.2. The molecule has 0 N–H and O–H groups in total. The first-order valence-corrected chi connectivity index (χ1v) is 6.11. The van der Waals surface area contributed by atoms with E-state index in [1.165, 1.54) is 11.3 Å². The van der Waals surface area contributed by atoms with E-state index in [1.807, 2.05) is 11.4 Å². The molecule has 0 aliphatic heterocycles. The van der Waals surface area contributed by atoms with Crippen LogP contribution in [0.4, 0.5) is 0 Å². The molecule has 4 heteroatoms. The lowest BCUT2D eigenvalue weighted by Gasteiger charge is -2.18. The maximum atomic E-state index is 12.0. The van der Waals surface area contributed by atoms with Crippen molar-refractivity contribution in [3.05, 3.63) is 46.1 Å². The van der Waals surface area contributed by atoms with Crippen LogP contribution in [0.5, 0.6) is 0 Å². The van der Waals surface area contributed by atoms with Crippen molar-refractivity contribution in [2.24, 2.45) is 0 Å². The van der Waals surface area contributed by atoms with Crippen molar-refractivity contribution < 1.29 is 4.79 Å². The molecule has 0 saturated heterocycles. The molecule has 1 heterocycles. The van der Waals surface area contributed by atoms with Crippen molar-refractivity contribution in [2.75, 3.05) is 13.1 Å². The highest BCUT2D eigenvalue weighted by atomic mass is 79.9. The Labute approximate surface area is 102 Å². The number of thiophene rings is 1. The van der Waals surface area contributed by atoms with Gasteiger partial charge in [-0.2, -0.15) is 0 Å². The highest BCUT2D eigenvalue weighted by Gasteiger charge is 2.14. The van der Waals surface area contributed by atoms with Crippen molar-refractivity contribution in [3.63, 3.8) is 0 Å². The molecule has 15 heavy (non-hydrogen) atoms. The Kier molecular flexibility index (Phi) is 4.78. The van der Waals surface area contributed by atoms with Gasteiger partial charge in [-0.1, -0.05) is 12.2 Å². The summed E-state index contributed by atoms with van der Waals surface area (Å²) in [6.45, 7) is 8.34. The van der Waals surface area contributed by atoms with Gasteiger partial charge in [-0.15, -0.1) is 24.5 Å². The van der Waals surface area contributed by atoms with E-state index >= 15 is 0 Å². The third-order valence-electron chi connectivity index (χ3n) is 1.80. The summed E-state index contributed by atoms with van der Waals surface area (Å²) < 4.78 is 0.961. The summed E-state index contributed by atoms with van der Waals surface area (Å²) in [5, 5.41) is 1.84. The Morgan fingerprint density at radius 1 is 1.47 bits per heavy atom. The standard InChI is InChI=1S/C11H12BrNOS/c1-3-5-13(6-4-2)11(14)9-7-10(12)15-8-9/h3-4,7-8H,1-2,5-6H2. The van der Waals surface area contributed by atoms with Crippen molar-refractivity contribution in [3.8, 4) is 0 Å². The first-order valence-electron chi connectivity index (χ1n) is 4.44. The van der Waals surface area contributed by atoms with Crippen LogP contribution < -0.4 is 0 Å². The minimum atomic E-state index is 0.0109. The highest BCUT2D eigenvalue weighted by molar-refractivity contribution is 9.11. The quantitative estimate of drug-likeness (QED) is 0.760. The van der Waals surface area contributed by atoms with Gasteiger partial charge in [0.05, 0.1) is 9.35 Å². The van der Waals surface area contributed by atoms with E-state index in [0.717, 1.165) is 3.79 Å². The highest BCUT2D eigenvalue weighted by Crippen LogP contribution is 2.21. The van der Waals surface area contributed by atoms with E-state index < -0.39 is 0 Å². The fourth-order valence-electron chi connectivity index (χ4n) is 1.16. The van der Waals surface area contributed by atoms with Gasteiger partial charge < -0.3 is 4.90 Å². The first-order chi connectivity index (χ1) is 7.19. The average Bonchev–Trinajstić information content (AvgIpc) is 2.63. The fourth-order valence-corrected chi connectivity index (χ4v) is 2.29. The van der Waals surface area contributed by atoms with Crippen molar-refractivity contribution in [2.45, 2.75) is 0 Å². The maximum absolute atomic E-state index is 12.0. The van der Waals surface area contributed by atoms with Gasteiger partial charge in [0.1, 0.15) is 0 Å². The number of carbonyl (C=O) groups excluding carboxylic acids is 1. The molecule has 1 amide bonds. The Hall–Kier alpha value is -0.870. The molecule has 1 rings (SSSR count). The lowest BCUT2D eigenvalue weighted by atomic mass is 10.3. The normalized spacial score (nSPS) is 9.67. The van der Waals surface area contributed by atoms with Crippen LogP contribution in [0.15, 0.2) is 40.5 Å². The molecule has 0 aromatic carbocycles. The Morgan fingerprint density at radius 3 is 2.47 bits per heavy atom. The molecule has 0 atom stereocenters. The molecule has 0 spiro atoms. The van der Waals surface area contributed by atoms with Crippen LogP contribution >= 0.6 is 27.3 Å².